The van der Waals surface area contributed by atoms with Gasteiger partial charge in [-0.1, -0.05) is 123 Å². The first kappa shape index (κ1) is 22.9. The van der Waals surface area contributed by atoms with Gasteiger partial charge in [-0.15, -0.1) is 0 Å². The van der Waals surface area contributed by atoms with Gasteiger partial charge >= 0.3 is 0 Å². The van der Waals surface area contributed by atoms with Crippen molar-refractivity contribution in [2.75, 3.05) is 4.90 Å². The van der Waals surface area contributed by atoms with E-state index >= 15 is 0 Å². The van der Waals surface area contributed by atoms with Crippen molar-refractivity contribution in [2.24, 2.45) is 11.8 Å². The monoisotopic (exact) mass is 523 g/mol. The van der Waals surface area contributed by atoms with Crippen LogP contribution < -0.4 is 21.3 Å². The number of benzene rings is 4. The molecule has 3 heteroatoms. The molecule has 2 fully saturated rings. The van der Waals surface area contributed by atoms with Crippen molar-refractivity contribution in [1.82, 2.24) is 0 Å². The maximum Gasteiger partial charge on any atom is 0.249 e. The van der Waals surface area contributed by atoms with Crippen LogP contribution in [0.3, 0.4) is 0 Å². The average Bonchev–Trinajstić information content (AvgIpc) is 3.17. The lowest BCUT2D eigenvalue weighted by molar-refractivity contribution is 0.0581. The normalized spacial score (nSPS) is 29.2. The zero-order valence-electron chi connectivity index (χ0n) is 22.9. The predicted octanol–water partition coefficient (Wildman–Crippen LogP) is 7.42. The number of fused-ring (bicyclic) bond motifs is 8. The van der Waals surface area contributed by atoms with Crippen LogP contribution in [-0.2, 0) is 5.41 Å². The fraction of sp³-hybridized carbons (Fsp3) is 0.333. The van der Waals surface area contributed by atoms with Gasteiger partial charge in [0.05, 0.1) is 5.54 Å². The van der Waals surface area contributed by atoms with E-state index in [-0.39, 0.29) is 17.7 Å². The molecule has 1 nitrogen and oxygen atoms in total. The van der Waals surface area contributed by atoms with Gasteiger partial charge in [0.2, 0.25) is 6.71 Å². The lowest BCUT2D eigenvalue weighted by Crippen LogP contribution is -2.64. The maximum absolute atomic E-state index is 2.88. The molecule has 0 aromatic heterocycles. The molecule has 2 aliphatic carbocycles. The molecule has 3 aliphatic heterocycles. The molecule has 3 unspecified atom stereocenters. The lowest BCUT2D eigenvalue weighted by atomic mass is 9.34. The van der Waals surface area contributed by atoms with E-state index in [9.17, 15) is 0 Å². The van der Waals surface area contributed by atoms with E-state index in [1.54, 1.807) is 16.7 Å². The highest BCUT2D eigenvalue weighted by Gasteiger charge is 2.63. The first-order valence-electron chi connectivity index (χ1n) is 15.0. The summed E-state index contributed by atoms with van der Waals surface area (Å²) in [7, 11) is 0. The van der Waals surface area contributed by atoms with Gasteiger partial charge in [0.1, 0.15) is 0 Å². The van der Waals surface area contributed by atoms with Crippen LogP contribution in [0.1, 0.15) is 57.9 Å². The minimum atomic E-state index is 0.0958. The molecule has 0 bridgehead atoms. The van der Waals surface area contributed by atoms with E-state index in [4.69, 9.17) is 0 Å². The highest BCUT2D eigenvalue weighted by Crippen LogP contribution is 2.65. The Kier molecular flexibility index (Phi) is 4.60. The third-order valence-corrected chi connectivity index (χ3v) is 12.7. The molecule has 0 spiro atoms. The molecule has 0 N–H and O–H groups in total. The third-order valence-electron chi connectivity index (χ3n) is 11.5. The summed E-state index contributed by atoms with van der Waals surface area (Å²) < 4.78 is 0. The van der Waals surface area contributed by atoms with Crippen molar-refractivity contribution in [3.05, 3.63) is 90.5 Å². The second-order valence-electron chi connectivity index (χ2n) is 13.2. The zero-order valence-corrected chi connectivity index (χ0v) is 23.7. The largest absolute Gasteiger partial charge is 0.335 e. The molecular weight excluding hydrogens is 489 g/mol. The summed E-state index contributed by atoms with van der Waals surface area (Å²) in [5, 5.41) is 0. The first-order chi connectivity index (χ1) is 19.1. The smallest absolute Gasteiger partial charge is 0.249 e. The van der Waals surface area contributed by atoms with Crippen LogP contribution in [0, 0.1) is 11.8 Å². The molecule has 39 heavy (non-hydrogen) atoms. The van der Waals surface area contributed by atoms with Gasteiger partial charge in [0.15, 0.2) is 0 Å². The minimum absolute atomic E-state index is 0.0958. The Morgan fingerprint density at radius 3 is 2.36 bits per heavy atom. The van der Waals surface area contributed by atoms with Crippen LogP contribution >= 0.6 is 11.8 Å². The SMILES string of the molecule is CC12CC3CCCCC3C[C@@]1(C)c1cccc3c1N2c1ccc(-c2ccccc2)c2c1B3c1ccccc1S2. The molecule has 0 amide bonds. The quantitative estimate of drug-likeness (QED) is 0.211. The fourth-order valence-corrected chi connectivity index (χ4v) is 10.9. The van der Waals surface area contributed by atoms with Crippen molar-refractivity contribution >= 4 is 46.2 Å². The van der Waals surface area contributed by atoms with E-state index in [1.165, 1.54) is 76.1 Å². The van der Waals surface area contributed by atoms with Gasteiger partial charge in [-0.25, -0.2) is 0 Å². The summed E-state index contributed by atoms with van der Waals surface area (Å²) in [6, 6.07) is 32.5. The van der Waals surface area contributed by atoms with Gasteiger partial charge in [-0.2, -0.15) is 0 Å². The highest BCUT2D eigenvalue weighted by molar-refractivity contribution is 8.00. The number of anilines is 2. The molecule has 4 atom stereocenters. The minimum Gasteiger partial charge on any atom is -0.335 e. The van der Waals surface area contributed by atoms with Crippen molar-refractivity contribution < 1.29 is 0 Å². The summed E-state index contributed by atoms with van der Waals surface area (Å²) in [4.78, 5) is 5.75. The Hall–Kier alpha value is -2.91. The topological polar surface area (TPSA) is 3.24 Å². The molecule has 3 heterocycles. The molecule has 9 rings (SSSR count). The number of rotatable bonds is 1. The molecule has 5 aliphatic rings. The van der Waals surface area contributed by atoms with E-state index in [0.29, 0.717) is 0 Å². The van der Waals surface area contributed by atoms with Crippen LogP contribution in [0.5, 0.6) is 0 Å². The molecule has 0 saturated heterocycles. The Morgan fingerprint density at radius 2 is 1.51 bits per heavy atom. The number of nitrogens with zero attached hydrogens (tertiary/aromatic N) is 1. The van der Waals surface area contributed by atoms with Crippen LogP contribution in [0.2, 0.25) is 0 Å². The van der Waals surface area contributed by atoms with Crippen LogP contribution in [0.15, 0.2) is 94.7 Å². The Labute approximate surface area is 237 Å². The molecule has 0 radical (unpaired) electrons. The standard InChI is InChI=1S/C36H34BNS/c1-35-21-24-13-6-7-14-25(24)22-36(35,2)38-30-20-19-26(23-11-4-3-5-12-23)34-32(30)37(28-16-8-9-18-31(28)39-34)29-17-10-15-27(35)33(29)38/h3-5,8-12,15-20,24-25H,6-7,13-14,21-22H2,1-2H3/t24?,25?,35-,36?/m0/s1. The molecule has 192 valence electrons. The van der Waals surface area contributed by atoms with Gasteiger partial charge < -0.3 is 4.90 Å². The van der Waals surface area contributed by atoms with Crippen molar-refractivity contribution in [2.45, 2.75) is 73.1 Å². The molecule has 2 saturated carbocycles. The van der Waals surface area contributed by atoms with Crippen molar-refractivity contribution in [3.8, 4) is 11.1 Å². The second-order valence-corrected chi connectivity index (χ2v) is 14.3. The molecule has 4 aromatic rings. The van der Waals surface area contributed by atoms with Crippen LogP contribution in [0.4, 0.5) is 11.4 Å². The molecular formula is C36H34BNS. The fourth-order valence-electron chi connectivity index (χ4n) is 9.58. The van der Waals surface area contributed by atoms with Crippen LogP contribution in [-0.4, -0.2) is 12.3 Å². The summed E-state index contributed by atoms with van der Waals surface area (Å²) in [5.74, 6) is 1.74. The Morgan fingerprint density at radius 1 is 0.769 bits per heavy atom. The highest BCUT2D eigenvalue weighted by atomic mass is 32.2. The summed E-state index contributed by atoms with van der Waals surface area (Å²) >= 11 is 1.99. The zero-order chi connectivity index (χ0) is 25.9. The van der Waals surface area contributed by atoms with Crippen molar-refractivity contribution in [1.29, 1.82) is 0 Å². The van der Waals surface area contributed by atoms with Gasteiger partial charge in [-0.05, 0) is 71.3 Å². The van der Waals surface area contributed by atoms with E-state index in [2.05, 4.69) is 104 Å². The average molecular weight is 524 g/mol. The number of hydrogen-bond acceptors (Lipinski definition) is 2. The summed E-state index contributed by atoms with van der Waals surface area (Å²) in [5.41, 5.74) is 12.1. The van der Waals surface area contributed by atoms with Gasteiger partial charge in [0, 0.05) is 26.6 Å². The predicted molar refractivity (Wildman–Crippen MR) is 166 cm³/mol. The van der Waals surface area contributed by atoms with Gasteiger partial charge in [0.25, 0.3) is 0 Å². The van der Waals surface area contributed by atoms with E-state index in [0.717, 1.165) is 11.8 Å². The summed E-state index contributed by atoms with van der Waals surface area (Å²) in [6.45, 7) is 5.54. The summed E-state index contributed by atoms with van der Waals surface area (Å²) in [6.07, 6.45) is 8.34. The van der Waals surface area contributed by atoms with E-state index < -0.39 is 0 Å². The maximum atomic E-state index is 2.88. The van der Waals surface area contributed by atoms with Crippen LogP contribution in [0.25, 0.3) is 11.1 Å². The second kappa shape index (κ2) is 7.85. The Balaban J connectivity index is 1.35. The van der Waals surface area contributed by atoms with E-state index in [1.807, 2.05) is 11.8 Å². The van der Waals surface area contributed by atoms with Gasteiger partial charge in [-0.3, -0.25) is 0 Å². The number of hydrogen-bond donors (Lipinski definition) is 0. The molecule has 4 aromatic carbocycles. The lowest BCUT2D eigenvalue weighted by Gasteiger charge is -2.57. The van der Waals surface area contributed by atoms with Crippen molar-refractivity contribution in [3.63, 3.8) is 0 Å². The third kappa shape index (κ3) is 2.80. The first-order valence-corrected chi connectivity index (χ1v) is 15.8. The Bertz CT molecular complexity index is 1660. The number of para-hydroxylation sites is 1.